The van der Waals surface area contributed by atoms with Crippen molar-refractivity contribution in [3.05, 3.63) is 45.6 Å². The molecule has 5 heteroatoms. The molecule has 0 radical (unpaired) electrons. The van der Waals surface area contributed by atoms with Crippen molar-refractivity contribution >= 4 is 23.1 Å². The molecule has 23 heavy (non-hydrogen) atoms. The van der Waals surface area contributed by atoms with E-state index in [1.165, 1.54) is 16.8 Å². The van der Waals surface area contributed by atoms with Crippen molar-refractivity contribution in [2.24, 2.45) is 0 Å². The molecule has 0 aliphatic carbocycles. The lowest BCUT2D eigenvalue weighted by molar-refractivity contribution is 0.640. The summed E-state index contributed by atoms with van der Waals surface area (Å²) < 4.78 is 0. The summed E-state index contributed by atoms with van der Waals surface area (Å²) in [4.78, 5) is 4.78. The first-order chi connectivity index (χ1) is 11.0. The number of hydrogen-bond donors (Lipinski definition) is 0. The van der Waals surface area contributed by atoms with Crippen molar-refractivity contribution < 1.29 is 0 Å². The summed E-state index contributed by atoms with van der Waals surface area (Å²) in [7, 11) is 0. The van der Waals surface area contributed by atoms with E-state index in [9.17, 15) is 0 Å². The number of aromatic nitrogens is 2. The number of nitrogens with zero attached hydrogens (tertiary/aromatic N) is 4. The van der Waals surface area contributed by atoms with Gasteiger partial charge in [-0.3, -0.25) is 0 Å². The molecule has 1 saturated heterocycles. The Hall–Kier alpha value is -1.81. The second kappa shape index (κ2) is 6.36. The molecular formula is C18H23ClN4. The molecule has 1 aromatic heterocycles. The lowest BCUT2D eigenvalue weighted by Gasteiger charge is -2.38. The van der Waals surface area contributed by atoms with Crippen molar-refractivity contribution in [1.29, 1.82) is 0 Å². The van der Waals surface area contributed by atoms with Gasteiger partial charge in [-0.05, 0) is 56.0 Å². The van der Waals surface area contributed by atoms with E-state index in [-0.39, 0.29) is 0 Å². The molecule has 1 aromatic carbocycles. The van der Waals surface area contributed by atoms with Gasteiger partial charge in [-0.1, -0.05) is 23.7 Å². The zero-order chi connectivity index (χ0) is 16.6. The third-order valence-electron chi connectivity index (χ3n) is 4.94. The van der Waals surface area contributed by atoms with Gasteiger partial charge < -0.3 is 9.80 Å². The summed E-state index contributed by atoms with van der Waals surface area (Å²) in [5.41, 5.74) is 6.22. The summed E-state index contributed by atoms with van der Waals surface area (Å²) >= 11 is 6.06. The number of anilines is 2. The average molecular weight is 331 g/mol. The number of benzene rings is 1. The minimum Gasteiger partial charge on any atom is -0.368 e. The summed E-state index contributed by atoms with van der Waals surface area (Å²) in [6.45, 7) is 12.3. The summed E-state index contributed by atoms with van der Waals surface area (Å²) in [6, 6.07) is 6.53. The molecular weight excluding hydrogens is 308 g/mol. The van der Waals surface area contributed by atoms with Crippen LogP contribution in [0, 0.1) is 27.7 Å². The fourth-order valence-electron chi connectivity index (χ4n) is 3.10. The van der Waals surface area contributed by atoms with Gasteiger partial charge in [0.25, 0.3) is 0 Å². The lowest BCUT2D eigenvalue weighted by atomic mass is 10.1. The van der Waals surface area contributed by atoms with Gasteiger partial charge in [0.15, 0.2) is 11.0 Å². The highest BCUT2D eigenvalue weighted by atomic mass is 35.5. The Morgan fingerprint density at radius 1 is 0.826 bits per heavy atom. The molecule has 1 fully saturated rings. The third-order valence-corrected chi connectivity index (χ3v) is 5.29. The molecule has 0 saturated carbocycles. The maximum atomic E-state index is 6.06. The Labute approximate surface area is 143 Å². The van der Waals surface area contributed by atoms with Crippen LogP contribution in [-0.2, 0) is 0 Å². The van der Waals surface area contributed by atoms with Gasteiger partial charge in [0.2, 0.25) is 0 Å². The van der Waals surface area contributed by atoms with E-state index in [2.05, 4.69) is 59.0 Å². The van der Waals surface area contributed by atoms with E-state index in [1.54, 1.807) is 0 Å². The van der Waals surface area contributed by atoms with Gasteiger partial charge in [0, 0.05) is 31.9 Å². The van der Waals surface area contributed by atoms with Crippen molar-refractivity contribution in [2.45, 2.75) is 27.7 Å². The highest BCUT2D eigenvalue weighted by Crippen LogP contribution is 2.27. The first-order valence-corrected chi connectivity index (χ1v) is 8.42. The normalized spacial score (nSPS) is 15.2. The van der Waals surface area contributed by atoms with E-state index >= 15 is 0 Å². The Bertz CT molecular complexity index is 721. The maximum Gasteiger partial charge on any atom is 0.155 e. The second-order valence-electron chi connectivity index (χ2n) is 6.26. The molecule has 1 aliphatic rings. The third kappa shape index (κ3) is 3.00. The number of rotatable bonds is 2. The van der Waals surface area contributed by atoms with Gasteiger partial charge in [-0.15, -0.1) is 10.2 Å². The van der Waals surface area contributed by atoms with E-state index in [0.717, 1.165) is 43.1 Å². The minimum absolute atomic E-state index is 0.500. The molecule has 0 bridgehead atoms. The van der Waals surface area contributed by atoms with Gasteiger partial charge in [0.1, 0.15) is 0 Å². The van der Waals surface area contributed by atoms with Crippen LogP contribution in [0.25, 0.3) is 0 Å². The van der Waals surface area contributed by atoms with Crippen LogP contribution < -0.4 is 9.80 Å². The lowest BCUT2D eigenvalue weighted by Crippen LogP contribution is -2.47. The van der Waals surface area contributed by atoms with Crippen molar-refractivity contribution in [3.8, 4) is 0 Å². The van der Waals surface area contributed by atoms with Crippen LogP contribution in [0.3, 0.4) is 0 Å². The molecule has 0 atom stereocenters. The van der Waals surface area contributed by atoms with Gasteiger partial charge in [-0.2, -0.15) is 0 Å². The first kappa shape index (κ1) is 16.1. The Morgan fingerprint density at radius 3 is 2.17 bits per heavy atom. The maximum absolute atomic E-state index is 6.06. The fourth-order valence-corrected chi connectivity index (χ4v) is 3.28. The predicted molar refractivity (Wildman–Crippen MR) is 96.9 cm³/mol. The molecule has 4 nitrogen and oxygen atoms in total. The predicted octanol–water partition coefficient (Wildman–Crippen LogP) is 3.69. The number of hydrogen-bond acceptors (Lipinski definition) is 4. The molecule has 0 N–H and O–H groups in total. The molecule has 2 aromatic rings. The zero-order valence-corrected chi connectivity index (χ0v) is 15.0. The van der Waals surface area contributed by atoms with Crippen LogP contribution in [0.15, 0.2) is 18.2 Å². The van der Waals surface area contributed by atoms with Crippen LogP contribution >= 0.6 is 11.6 Å². The Kier molecular flexibility index (Phi) is 4.44. The van der Waals surface area contributed by atoms with Crippen LogP contribution in [0.4, 0.5) is 11.5 Å². The minimum atomic E-state index is 0.500. The standard InChI is InChI=1S/C18H23ClN4/c1-12-6-5-7-16(13(12)2)22-8-10-23(11-9-22)18-15(4)14(3)17(19)20-21-18/h5-7H,8-11H2,1-4H3. The van der Waals surface area contributed by atoms with E-state index in [0.29, 0.717) is 5.15 Å². The Balaban J connectivity index is 1.76. The van der Waals surface area contributed by atoms with Crippen LogP contribution in [0.2, 0.25) is 5.15 Å². The molecule has 0 unspecified atom stereocenters. The first-order valence-electron chi connectivity index (χ1n) is 8.04. The van der Waals surface area contributed by atoms with Gasteiger partial charge >= 0.3 is 0 Å². The highest BCUT2D eigenvalue weighted by molar-refractivity contribution is 6.30. The molecule has 0 amide bonds. The molecule has 122 valence electrons. The molecule has 2 heterocycles. The zero-order valence-electron chi connectivity index (χ0n) is 14.2. The summed E-state index contributed by atoms with van der Waals surface area (Å²) in [5.74, 6) is 0.965. The molecule has 0 spiro atoms. The average Bonchev–Trinajstić information content (AvgIpc) is 2.56. The highest BCUT2D eigenvalue weighted by Gasteiger charge is 2.22. The molecule has 3 rings (SSSR count). The van der Waals surface area contributed by atoms with Crippen molar-refractivity contribution in [3.63, 3.8) is 0 Å². The second-order valence-corrected chi connectivity index (χ2v) is 6.62. The molecule has 1 aliphatic heterocycles. The monoisotopic (exact) mass is 330 g/mol. The fraction of sp³-hybridized carbons (Fsp3) is 0.444. The summed E-state index contributed by atoms with van der Waals surface area (Å²) in [6.07, 6.45) is 0. The summed E-state index contributed by atoms with van der Waals surface area (Å²) in [5, 5.41) is 8.90. The van der Waals surface area contributed by atoms with Crippen LogP contribution in [-0.4, -0.2) is 36.4 Å². The van der Waals surface area contributed by atoms with Crippen LogP contribution in [0.1, 0.15) is 22.3 Å². The van der Waals surface area contributed by atoms with E-state index < -0.39 is 0 Å². The van der Waals surface area contributed by atoms with Gasteiger partial charge in [-0.25, -0.2) is 0 Å². The van der Waals surface area contributed by atoms with Crippen LogP contribution in [0.5, 0.6) is 0 Å². The van der Waals surface area contributed by atoms with E-state index in [4.69, 9.17) is 11.6 Å². The van der Waals surface area contributed by atoms with E-state index in [1.807, 2.05) is 6.92 Å². The van der Waals surface area contributed by atoms with Crippen molar-refractivity contribution in [2.75, 3.05) is 36.0 Å². The van der Waals surface area contributed by atoms with Gasteiger partial charge in [0.05, 0.1) is 0 Å². The SMILES string of the molecule is Cc1cccc(N2CCN(c3nnc(Cl)c(C)c3C)CC2)c1C. The Morgan fingerprint density at radius 2 is 1.48 bits per heavy atom. The number of aryl methyl sites for hydroxylation is 1. The smallest absolute Gasteiger partial charge is 0.155 e. The topological polar surface area (TPSA) is 32.3 Å². The largest absolute Gasteiger partial charge is 0.368 e. The quantitative estimate of drug-likeness (QED) is 0.840. The van der Waals surface area contributed by atoms with Crippen molar-refractivity contribution in [1.82, 2.24) is 10.2 Å². The number of halogens is 1. The number of piperazine rings is 1.